The van der Waals surface area contributed by atoms with Crippen LogP contribution in [0, 0.1) is 0 Å². The molecule has 244 valence electrons. The van der Waals surface area contributed by atoms with Crippen molar-refractivity contribution in [1.29, 1.82) is 0 Å². The molecule has 4 aromatic heterocycles. The Balaban J connectivity index is 1.42. The highest BCUT2D eigenvalue weighted by molar-refractivity contribution is 8.07. The Morgan fingerprint density at radius 3 is 2.76 bits per heavy atom. The van der Waals surface area contributed by atoms with Crippen LogP contribution in [-0.4, -0.2) is 95.0 Å². The average Bonchev–Trinajstić information content (AvgIpc) is 3.65. The summed E-state index contributed by atoms with van der Waals surface area (Å²) in [5, 5.41) is -0.759. The maximum Gasteiger partial charge on any atom is 0.364 e. The van der Waals surface area contributed by atoms with Crippen LogP contribution in [0.25, 0.3) is 22.3 Å². The van der Waals surface area contributed by atoms with Gasteiger partial charge in [0.25, 0.3) is 5.56 Å². The van der Waals surface area contributed by atoms with E-state index in [2.05, 4.69) is 52.0 Å². The summed E-state index contributed by atoms with van der Waals surface area (Å²) in [5.41, 5.74) is 6.15. The van der Waals surface area contributed by atoms with E-state index in [1.165, 1.54) is 31.3 Å². The molecule has 1 aliphatic rings. The number of aromatic nitrogens is 8. The molecule has 0 radical (unpaired) electrons. The zero-order chi connectivity index (χ0) is 32.3. The Kier molecular flexibility index (Phi) is 10.8. The standard InChI is InChI=1S/C22H29N9O10P2S2/c1-35-7-12-24-5-10-17(27-12)30(3-4-37-22(33)44)13(26-10)8-39-43(34,45)41-16-15(36-2)11(6-38-42)40-20(16)31-9-25-14-18(31)28-21(23)29-19(14)32/h5,9,11,15-16,20H,3-4,6-8,42H2,1-2H3,(H,33,44)(H,34,45)(H3,23,28,29,32)/t11-,15-,16-,20-,43?/m1/s1. The minimum absolute atomic E-state index is 0.00481. The summed E-state index contributed by atoms with van der Waals surface area (Å²) in [7, 11) is 5.06. The second-order valence-electron chi connectivity index (χ2n) is 9.41. The van der Waals surface area contributed by atoms with Gasteiger partial charge < -0.3 is 43.2 Å². The molecule has 4 N–H and O–H groups in total. The number of nitrogens with zero attached hydrogens (tertiary/aromatic N) is 7. The molecule has 2 unspecified atom stereocenters. The van der Waals surface area contributed by atoms with E-state index < -0.39 is 42.1 Å². The van der Waals surface area contributed by atoms with Crippen molar-refractivity contribution in [2.75, 3.05) is 33.2 Å². The van der Waals surface area contributed by atoms with E-state index in [1.807, 2.05) is 0 Å². The summed E-state index contributed by atoms with van der Waals surface area (Å²) >= 11 is 9.03. The maximum absolute atomic E-state index is 12.4. The molecular formula is C22H29N9O10P2S2. The third-order valence-electron chi connectivity index (χ3n) is 6.59. The first-order valence-corrected chi connectivity index (χ1v) is 16.5. The summed E-state index contributed by atoms with van der Waals surface area (Å²) in [4.78, 5) is 58.8. The normalized spacial score (nSPS) is 21.4. The predicted octanol–water partition coefficient (Wildman–Crippen LogP) is 0.592. The lowest BCUT2D eigenvalue weighted by molar-refractivity contribution is -0.0464. The molecule has 0 saturated carbocycles. The van der Waals surface area contributed by atoms with Crippen LogP contribution in [0.4, 0.5) is 10.7 Å². The number of imidazole rings is 2. The van der Waals surface area contributed by atoms with Gasteiger partial charge in [-0.1, -0.05) is 12.6 Å². The second-order valence-corrected chi connectivity index (χ2v) is 12.9. The van der Waals surface area contributed by atoms with Gasteiger partial charge >= 0.3 is 12.0 Å². The number of methoxy groups -OCH3 is 2. The van der Waals surface area contributed by atoms with Gasteiger partial charge in [0.2, 0.25) is 5.95 Å². The van der Waals surface area contributed by atoms with Crippen molar-refractivity contribution in [3.8, 4) is 0 Å². The second kappa shape index (κ2) is 14.4. The van der Waals surface area contributed by atoms with Crippen LogP contribution in [-0.2, 0) is 64.1 Å². The number of rotatable bonds is 14. The molecule has 1 saturated heterocycles. The van der Waals surface area contributed by atoms with E-state index in [-0.39, 0.29) is 55.9 Å². The molecule has 19 nitrogen and oxygen atoms in total. The fraction of sp³-hybridized carbons (Fsp3) is 0.500. The highest BCUT2D eigenvalue weighted by Crippen LogP contribution is 2.50. The van der Waals surface area contributed by atoms with Crippen LogP contribution in [0.5, 0.6) is 0 Å². The zero-order valence-corrected chi connectivity index (χ0v) is 27.5. The number of ether oxygens (including phenoxy) is 4. The zero-order valence-electron chi connectivity index (χ0n) is 23.7. The molecule has 23 heteroatoms. The number of carbonyl (C=O) groups excluding carboxylic acids is 1. The van der Waals surface area contributed by atoms with Gasteiger partial charge in [-0.25, -0.2) is 24.7 Å². The lowest BCUT2D eigenvalue weighted by atomic mass is 10.1. The van der Waals surface area contributed by atoms with Crippen molar-refractivity contribution in [2.24, 2.45) is 0 Å². The number of thiol groups is 1. The van der Waals surface area contributed by atoms with Gasteiger partial charge in [-0.3, -0.25) is 18.9 Å². The summed E-state index contributed by atoms with van der Waals surface area (Å²) in [5.74, 6) is 0.541. The molecule has 0 aliphatic carbocycles. The predicted molar refractivity (Wildman–Crippen MR) is 165 cm³/mol. The van der Waals surface area contributed by atoms with E-state index in [1.54, 1.807) is 4.57 Å². The Hall–Kier alpha value is -2.68. The van der Waals surface area contributed by atoms with Crippen molar-refractivity contribution in [3.63, 3.8) is 0 Å². The largest absolute Gasteiger partial charge is 0.456 e. The van der Waals surface area contributed by atoms with Crippen LogP contribution >= 0.6 is 28.8 Å². The Morgan fingerprint density at radius 1 is 1.24 bits per heavy atom. The number of fused-ring (bicyclic) bond motifs is 2. The lowest BCUT2D eigenvalue weighted by Gasteiger charge is -2.27. The number of nitrogens with one attached hydrogen (secondary N) is 1. The maximum atomic E-state index is 12.4. The molecule has 0 aromatic carbocycles. The van der Waals surface area contributed by atoms with Gasteiger partial charge in [0.05, 0.1) is 25.7 Å². The molecule has 5 rings (SSSR count). The van der Waals surface area contributed by atoms with Gasteiger partial charge in [0.15, 0.2) is 28.9 Å². The Morgan fingerprint density at radius 2 is 2.04 bits per heavy atom. The lowest BCUT2D eigenvalue weighted by Crippen LogP contribution is -2.37. The van der Waals surface area contributed by atoms with E-state index in [4.69, 9.17) is 50.1 Å². The van der Waals surface area contributed by atoms with Crippen molar-refractivity contribution >= 4 is 74.2 Å². The molecule has 1 aliphatic heterocycles. The third-order valence-corrected chi connectivity index (χ3v) is 8.45. The van der Waals surface area contributed by atoms with Crippen LogP contribution in [0.1, 0.15) is 17.9 Å². The fourth-order valence-electron chi connectivity index (χ4n) is 4.78. The highest BCUT2D eigenvalue weighted by atomic mass is 32.5. The molecule has 4 aromatic rings. The summed E-state index contributed by atoms with van der Waals surface area (Å²) < 4.78 is 42.0. The van der Waals surface area contributed by atoms with Gasteiger partial charge in [-0.15, -0.1) is 0 Å². The first-order chi connectivity index (χ1) is 21.5. The van der Waals surface area contributed by atoms with Gasteiger partial charge in [0.1, 0.15) is 49.5 Å². The number of nitrogen functional groups attached to an aromatic ring is 1. The van der Waals surface area contributed by atoms with E-state index in [9.17, 15) is 14.5 Å². The average molecular weight is 706 g/mol. The summed E-state index contributed by atoms with van der Waals surface area (Å²) in [6, 6.07) is 0. The minimum atomic E-state index is -4.07. The first kappa shape index (κ1) is 33.7. The molecule has 45 heavy (non-hydrogen) atoms. The number of hydrogen-bond donors (Lipinski definition) is 4. The number of H-pyrrole nitrogens is 1. The van der Waals surface area contributed by atoms with Gasteiger partial charge in [0, 0.05) is 23.7 Å². The van der Waals surface area contributed by atoms with Crippen LogP contribution in [0.2, 0.25) is 0 Å². The quantitative estimate of drug-likeness (QED) is 0.0798. The van der Waals surface area contributed by atoms with Gasteiger partial charge in [-0.2, -0.15) is 4.98 Å². The SMILES string of the molecule is COCc1ncc2nc(COP(O)(=S)O[C@@H]3[C@H](OC)[C@@H](COP)O[C@H]3n3cnc4c(=O)[nH]c(N)nc43)n(CCOC(=O)S)c2n1. The van der Waals surface area contributed by atoms with Crippen molar-refractivity contribution in [2.45, 2.75) is 44.3 Å². The smallest absolute Gasteiger partial charge is 0.364 e. The number of carbonyl (C=O) groups is 1. The van der Waals surface area contributed by atoms with Crippen molar-refractivity contribution in [1.82, 2.24) is 39.0 Å². The topological polar surface area (TPSA) is 235 Å². The number of hydrogen-bond acceptors (Lipinski definition) is 16. The van der Waals surface area contributed by atoms with Crippen molar-refractivity contribution < 1.29 is 42.2 Å². The monoisotopic (exact) mass is 705 g/mol. The molecule has 0 amide bonds. The van der Waals surface area contributed by atoms with Crippen molar-refractivity contribution in [3.05, 3.63) is 34.5 Å². The Labute approximate surface area is 267 Å². The summed E-state index contributed by atoms with van der Waals surface area (Å²) in [6.45, 7) is -4.11. The van der Waals surface area contributed by atoms with E-state index in [0.29, 0.717) is 17.0 Å². The highest BCUT2D eigenvalue weighted by Gasteiger charge is 2.49. The molecule has 1 fully saturated rings. The Bertz CT molecular complexity index is 1790. The molecular weight excluding hydrogens is 676 g/mol. The van der Waals surface area contributed by atoms with E-state index in [0.717, 1.165) is 0 Å². The molecule has 6 atom stereocenters. The first-order valence-electron chi connectivity index (χ1n) is 13.0. The van der Waals surface area contributed by atoms with Crippen LogP contribution in [0.3, 0.4) is 0 Å². The van der Waals surface area contributed by atoms with Crippen LogP contribution in [0.15, 0.2) is 17.3 Å². The number of aromatic amines is 1. The number of nitrogens with two attached hydrogens (primary N) is 1. The van der Waals surface area contributed by atoms with Crippen LogP contribution < -0.4 is 11.3 Å². The molecule has 5 heterocycles. The number of anilines is 1. The minimum Gasteiger partial charge on any atom is -0.456 e. The molecule has 0 spiro atoms. The third kappa shape index (κ3) is 7.50. The fourth-order valence-corrected chi connectivity index (χ4v) is 6.39. The summed E-state index contributed by atoms with van der Waals surface area (Å²) in [6.07, 6.45) is -0.830. The van der Waals surface area contributed by atoms with E-state index >= 15 is 0 Å². The van der Waals surface area contributed by atoms with Gasteiger partial charge in [-0.05, 0) is 11.8 Å². The molecule has 0 bridgehead atoms.